The van der Waals surface area contributed by atoms with Gasteiger partial charge in [-0.1, -0.05) is 67.9 Å². The van der Waals surface area contributed by atoms with E-state index in [1.807, 2.05) is 42.5 Å². The van der Waals surface area contributed by atoms with Gasteiger partial charge in [-0.3, -0.25) is 4.79 Å². The highest BCUT2D eigenvalue weighted by Gasteiger charge is 2.05. The first-order valence-corrected chi connectivity index (χ1v) is 7.09. The van der Waals surface area contributed by atoms with Crippen molar-refractivity contribution in [3.8, 4) is 11.1 Å². The zero-order valence-electron chi connectivity index (χ0n) is 11.8. The van der Waals surface area contributed by atoms with Crippen molar-refractivity contribution in [2.24, 2.45) is 0 Å². The second-order valence-electron chi connectivity index (χ2n) is 4.81. The summed E-state index contributed by atoms with van der Waals surface area (Å²) in [7, 11) is 0. The summed E-state index contributed by atoms with van der Waals surface area (Å²) in [4.78, 5) is 11.6. The number of carbonyl (C=O) groups is 1. The first-order valence-electron chi connectivity index (χ1n) is 7.09. The molecule has 0 amide bonds. The third-order valence-corrected chi connectivity index (χ3v) is 3.17. The maximum atomic E-state index is 11.6. The summed E-state index contributed by atoms with van der Waals surface area (Å²) in [5, 5.41) is 0. The Labute approximate surface area is 120 Å². The molecule has 0 spiro atoms. The van der Waals surface area contributed by atoms with Crippen LogP contribution in [-0.2, 0) is 16.0 Å². The molecule has 0 N–H and O–H groups in total. The predicted octanol–water partition coefficient (Wildman–Crippen LogP) is 4.24. The third kappa shape index (κ3) is 4.23. The fourth-order valence-electron chi connectivity index (χ4n) is 1.99. The molecule has 0 heterocycles. The van der Waals surface area contributed by atoms with E-state index in [1.54, 1.807) is 0 Å². The Kier molecular flexibility index (Phi) is 5.36. The fourth-order valence-corrected chi connectivity index (χ4v) is 1.99. The van der Waals surface area contributed by atoms with E-state index in [0.717, 1.165) is 24.0 Å². The Morgan fingerprint density at radius 2 is 1.60 bits per heavy atom. The highest BCUT2D eigenvalue weighted by atomic mass is 16.5. The van der Waals surface area contributed by atoms with Crippen LogP contribution in [-0.4, -0.2) is 12.6 Å². The number of rotatable bonds is 6. The van der Waals surface area contributed by atoms with Crippen LogP contribution in [0.3, 0.4) is 0 Å². The minimum Gasteiger partial charge on any atom is -0.465 e. The summed E-state index contributed by atoms with van der Waals surface area (Å²) < 4.78 is 5.16. The molecular weight excluding hydrogens is 248 g/mol. The van der Waals surface area contributed by atoms with Crippen LogP contribution in [0.2, 0.25) is 0 Å². The molecule has 2 aromatic carbocycles. The first kappa shape index (κ1) is 14.3. The van der Waals surface area contributed by atoms with E-state index in [9.17, 15) is 4.79 Å². The van der Waals surface area contributed by atoms with E-state index in [4.69, 9.17) is 4.74 Å². The maximum absolute atomic E-state index is 11.6. The van der Waals surface area contributed by atoms with Crippen molar-refractivity contribution < 1.29 is 9.53 Å². The Morgan fingerprint density at radius 1 is 0.950 bits per heavy atom. The Morgan fingerprint density at radius 3 is 2.25 bits per heavy atom. The van der Waals surface area contributed by atoms with E-state index in [0.29, 0.717) is 13.0 Å². The van der Waals surface area contributed by atoms with Crippen LogP contribution in [0.25, 0.3) is 11.1 Å². The smallest absolute Gasteiger partial charge is 0.310 e. The van der Waals surface area contributed by atoms with Gasteiger partial charge in [-0.15, -0.1) is 0 Å². The predicted molar refractivity (Wildman–Crippen MR) is 81.4 cm³/mol. The van der Waals surface area contributed by atoms with Crippen LogP contribution < -0.4 is 0 Å². The Hall–Kier alpha value is -2.09. The normalized spacial score (nSPS) is 10.2. The van der Waals surface area contributed by atoms with Gasteiger partial charge in [-0.05, 0) is 23.1 Å². The van der Waals surface area contributed by atoms with Crippen LogP contribution >= 0.6 is 0 Å². The molecule has 0 aliphatic rings. The average Bonchev–Trinajstić information content (AvgIpc) is 2.49. The molecule has 2 rings (SSSR count). The molecule has 0 aromatic heterocycles. The lowest BCUT2D eigenvalue weighted by atomic mass is 10.0. The van der Waals surface area contributed by atoms with E-state index < -0.39 is 0 Å². The summed E-state index contributed by atoms with van der Waals surface area (Å²) in [6.45, 7) is 2.60. The summed E-state index contributed by atoms with van der Waals surface area (Å²) in [6, 6.07) is 18.3. The lowest BCUT2D eigenvalue weighted by Crippen LogP contribution is -2.08. The van der Waals surface area contributed by atoms with Crippen LogP contribution in [0.1, 0.15) is 25.3 Å². The van der Waals surface area contributed by atoms with Crippen molar-refractivity contribution in [1.29, 1.82) is 0 Å². The van der Waals surface area contributed by atoms with Crippen LogP contribution in [0.5, 0.6) is 0 Å². The maximum Gasteiger partial charge on any atom is 0.310 e. The number of carbonyl (C=O) groups excluding carboxylic acids is 1. The molecule has 0 radical (unpaired) electrons. The second kappa shape index (κ2) is 7.49. The molecule has 20 heavy (non-hydrogen) atoms. The first-order chi connectivity index (χ1) is 9.79. The van der Waals surface area contributed by atoms with E-state index >= 15 is 0 Å². The summed E-state index contributed by atoms with van der Waals surface area (Å²) in [5.41, 5.74) is 3.34. The molecule has 0 unspecified atom stereocenters. The van der Waals surface area contributed by atoms with Crippen LogP contribution in [0, 0.1) is 0 Å². The van der Waals surface area contributed by atoms with Crippen molar-refractivity contribution in [2.45, 2.75) is 26.2 Å². The molecule has 0 aliphatic carbocycles. The molecule has 0 saturated heterocycles. The highest BCUT2D eigenvalue weighted by Crippen LogP contribution is 2.19. The lowest BCUT2D eigenvalue weighted by molar-refractivity contribution is -0.142. The number of hydrogen-bond donors (Lipinski definition) is 0. The van der Waals surface area contributed by atoms with Crippen molar-refractivity contribution in [3.63, 3.8) is 0 Å². The van der Waals surface area contributed by atoms with Gasteiger partial charge in [0, 0.05) is 0 Å². The summed E-state index contributed by atoms with van der Waals surface area (Å²) in [6.07, 6.45) is 2.32. The SMILES string of the molecule is CCCCOC(=O)Cc1ccc(-c2ccccc2)cc1. The van der Waals surface area contributed by atoms with E-state index in [-0.39, 0.29) is 5.97 Å². The van der Waals surface area contributed by atoms with Crippen LogP contribution in [0.4, 0.5) is 0 Å². The molecule has 2 heteroatoms. The number of ether oxygens (including phenoxy) is 1. The van der Waals surface area contributed by atoms with Gasteiger partial charge in [0.05, 0.1) is 13.0 Å². The fraction of sp³-hybridized carbons (Fsp3) is 0.278. The molecule has 0 saturated carbocycles. The van der Waals surface area contributed by atoms with Gasteiger partial charge >= 0.3 is 5.97 Å². The van der Waals surface area contributed by atoms with Gasteiger partial charge in [0.25, 0.3) is 0 Å². The Bertz CT molecular complexity index is 529. The molecule has 2 aromatic rings. The topological polar surface area (TPSA) is 26.3 Å². The zero-order chi connectivity index (χ0) is 14.2. The van der Waals surface area contributed by atoms with Gasteiger partial charge in [0.15, 0.2) is 0 Å². The van der Waals surface area contributed by atoms with Gasteiger partial charge in [0.2, 0.25) is 0 Å². The third-order valence-electron chi connectivity index (χ3n) is 3.17. The summed E-state index contributed by atoms with van der Waals surface area (Å²) in [5.74, 6) is -0.147. The highest BCUT2D eigenvalue weighted by molar-refractivity contribution is 5.73. The monoisotopic (exact) mass is 268 g/mol. The summed E-state index contributed by atoms with van der Waals surface area (Å²) >= 11 is 0. The average molecular weight is 268 g/mol. The molecule has 0 aliphatic heterocycles. The molecule has 0 atom stereocenters. The lowest BCUT2D eigenvalue weighted by Gasteiger charge is -2.05. The quantitative estimate of drug-likeness (QED) is 0.578. The van der Waals surface area contributed by atoms with Crippen molar-refractivity contribution in [2.75, 3.05) is 6.61 Å². The number of unbranched alkanes of at least 4 members (excludes halogenated alkanes) is 1. The minimum absolute atomic E-state index is 0.147. The molecule has 2 nitrogen and oxygen atoms in total. The Balaban J connectivity index is 1.93. The molecule has 0 bridgehead atoms. The van der Waals surface area contributed by atoms with E-state index in [1.165, 1.54) is 5.56 Å². The van der Waals surface area contributed by atoms with E-state index in [2.05, 4.69) is 19.1 Å². The minimum atomic E-state index is -0.147. The molecule has 104 valence electrons. The van der Waals surface area contributed by atoms with Crippen molar-refractivity contribution in [3.05, 3.63) is 60.2 Å². The van der Waals surface area contributed by atoms with Gasteiger partial charge in [-0.25, -0.2) is 0 Å². The number of hydrogen-bond acceptors (Lipinski definition) is 2. The zero-order valence-corrected chi connectivity index (χ0v) is 11.8. The van der Waals surface area contributed by atoms with Gasteiger partial charge < -0.3 is 4.74 Å². The van der Waals surface area contributed by atoms with Crippen molar-refractivity contribution >= 4 is 5.97 Å². The number of benzene rings is 2. The number of esters is 1. The van der Waals surface area contributed by atoms with Crippen molar-refractivity contribution in [1.82, 2.24) is 0 Å². The van der Waals surface area contributed by atoms with Crippen LogP contribution in [0.15, 0.2) is 54.6 Å². The van der Waals surface area contributed by atoms with Gasteiger partial charge in [-0.2, -0.15) is 0 Å². The second-order valence-corrected chi connectivity index (χ2v) is 4.81. The standard InChI is InChI=1S/C18H20O2/c1-2-3-13-20-18(19)14-15-9-11-17(12-10-15)16-7-5-4-6-8-16/h4-12H,2-3,13-14H2,1H3. The van der Waals surface area contributed by atoms with Gasteiger partial charge in [0.1, 0.15) is 0 Å². The largest absolute Gasteiger partial charge is 0.465 e. The molecular formula is C18H20O2. The molecule has 0 fully saturated rings.